The van der Waals surface area contributed by atoms with Crippen LogP contribution < -0.4 is 5.32 Å². The van der Waals surface area contributed by atoms with Crippen molar-refractivity contribution >= 4 is 5.91 Å². The van der Waals surface area contributed by atoms with Crippen molar-refractivity contribution in [1.29, 1.82) is 0 Å². The van der Waals surface area contributed by atoms with E-state index in [1.54, 1.807) is 0 Å². The number of nitrogens with zero attached hydrogens (tertiary/aromatic N) is 1. The lowest BCUT2D eigenvalue weighted by Crippen LogP contribution is -2.59. The number of hydrogen-bond acceptors (Lipinski definition) is 2. The van der Waals surface area contributed by atoms with Crippen LogP contribution in [-0.4, -0.2) is 36.0 Å². The van der Waals surface area contributed by atoms with E-state index >= 15 is 0 Å². The smallest absolute Gasteiger partial charge is 0.222 e. The van der Waals surface area contributed by atoms with Crippen molar-refractivity contribution in [1.82, 2.24) is 10.2 Å². The third-order valence-electron chi connectivity index (χ3n) is 5.13. The van der Waals surface area contributed by atoms with Gasteiger partial charge in [0.2, 0.25) is 5.91 Å². The zero-order chi connectivity index (χ0) is 14.5. The number of rotatable bonds is 4. The van der Waals surface area contributed by atoms with Crippen LogP contribution in [0.2, 0.25) is 0 Å². The second-order valence-electron chi connectivity index (χ2n) is 7.21. The highest BCUT2D eigenvalue weighted by molar-refractivity contribution is 5.76. The van der Waals surface area contributed by atoms with Gasteiger partial charge in [-0.3, -0.25) is 4.79 Å². The Kier molecular flexibility index (Phi) is 5.88. The maximum absolute atomic E-state index is 12.6. The first-order valence-electron chi connectivity index (χ1n) is 8.60. The molecule has 2 atom stereocenters. The van der Waals surface area contributed by atoms with E-state index in [4.69, 9.17) is 0 Å². The summed E-state index contributed by atoms with van der Waals surface area (Å²) in [6, 6.07) is 0.814. The van der Waals surface area contributed by atoms with Crippen LogP contribution in [0.15, 0.2) is 0 Å². The first-order chi connectivity index (χ1) is 9.58. The van der Waals surface area contributed by atoms with Crippen molar-refractivity contribution in [2.75, 3.05) is 13.1 Å². The van der Waals surface area contributed by atoms with Crippen LogP contribution in [0.3, 0.4) is 0 Å². The lowest BCUT2D eigenvalue weighted by molar-refractivity contribution is -0.136. The Morgan fingerprint density at radius 1 is 1.25 bits per heavy atom. The molecular formula is C17H32N2O. The Bertz CT molecular complexity index is 310. The Labute approximate surface area is 124 Å². The highest BCUT2D eigenvalue weighted by atomic mass is 16.2. The monoisotopic (exact) mass is 280 g/mol. The molecule has 0 spiro atoms. The lowest BCUT2D eigenvalue weighted by Gasteiger charge is -2.41. The fourth-order valence-corrected chi connectivity index (χ4v) is 3.76. The van der Waals surface area contributed by atoms with Gasteiger partial charge in [0.15, 0.2) is 0 Å². The summed E-state index contributed by atoms with van der Waals surface area (Å²) in [4.78, 5) is 14.8. The maximum Gasteiger partial charge on any atom is 0.222 e. The number of hydrogen-bond donors (Lipinski definition) is 1. The first kappa shape index (κ1) is 15.8. The number of amides is 1. The molecule has 0 aromatic carbocycles. The normalized spacial score (nSPS) is 28.9. The van der Waals surface area contributed by atoms with Gasteiger partial charge in [0, 0.05) is 31.6 Å². The van der Waals surface area contributed by atoms with Gasteiger partial charge in [-0.25, -0.2) is 0 Å². The summed E-state index contributed by atoms with van der Waals surface area (Å²) in [5, 5.41) is 3.51. The third kappa shape index (κ3) is 4.21. The highest BCUT2D eigenvalue weighted by Gasteiger charge is 2.31. The van der Waals surface area contributed by atoms with Gasteiger partial charge in [0.1, 0.15) is 0 Å². The van der Waals surface area contributed by atoms with Crippen molar-refractivity contribution in [2.45, 2.75) is 77.8 Å². The van der Waals surface area contributed by atoms with E-state index in [2.05, 4.69) is 31.0 Å². The lowest BCUT2D eigenvalue weighted by atomic mass is 9.86. The Morgan fingerprint density at radius 3 is 2.60 bits per heavy atom. The van der Waals surface area contributed by atoms with Crippen LogP contribution in [0.25, 0.3) is 0 Å². The van der Waals surface area contributed by atoms with Gasteiger partial charge in [-0.1, -0.05) is 46.0 Å². The second-order valence-corrected chi connectivity index (χ2v) is 7.21. The SMILES string of the molecule is CC1CN(C(=O)CCC2CCCCC2)C(C(C)C)CN1. The molecular weight excluding hydrogens is 248 g/mol. The molecule has 1 aliphatic carbocycles. The third-order valence-corrected chi connectivity index (χ3v) is 5.13. The molecule has 2 fully saturated rings. The molecule has 2 aliphatic rings. The Balaban J connectivity index is 1.84. The summed E-state index contributed by atoms with van der Waals surface area (Å²) in [7, 11) is 0. The standard InChI is InChI=1S/C17H32N2O/c1-13(2)16-11-18-14(3)12-19(16)17(20)10-9-15-7-5-4-6-8-15/h13-16,18H,4-12H2,1-3H3. The topological polar surface area (TPSA) is 32.3 Å². The van der Waals surface area contributed by atoms with Crippen LogP contribution in [0, 0.1) is 11.8 Å². The molecule has 0 radical (unpaired) electrons. The van der Waals surface area contributed by atoms with Gasteiger partial charge < -0.3 is 10.2 Å². The van der Waals surface area contributed by atoms with E-state index in [0.717, 1.165) is 31.8 Å². The van der Waals surface area contributed by atoms with E-state index in [1.165, 1.54) is 32.1 Å². The summed E-state index contributed by atoms with van der Waals surface area (Å²) in [6.45, 7) is 8.46. The minimum atomic E-state index is 0.380. The van der Waals surface area contributed by atoms with Crippen LogP contribution in [0.1, 0.15) is 65.7 Å². The average molecular weight is 280 g/mol. The summed E-state index contributed by atoms with van der Waals surface area (Å²) >= 11 is 0. The van der Waals surface area contributed by atoms with Gasteiger partial charge in [0.25, 0.3) is 0 Å². The minimum Gasteiger partial charge on any atom is -0.337 e. The Morgan fingerprint density at radius 2 is 1.95 bits per heavy atom. The molecule has 1 amide bonds. The van der Waals surface area contributed by atoms with Crippen molar-refractivity contribution in [3.63, 3.8) is 0 Å². The second kappa shape index (κ2) is 7.44. The average Bonchev–Trinajstić information content (AvgIpc) is 2.45. The van der Waals surface area contributed by atoms with Gasteiger partial charge >= 0.3 is 0 Å². The predicted molar refractivity (Wildman–Crippen MR) is 83.6 cm³/mol. The van der Waals surface area contributed by atoms with Gasteiger partial charge in [-0.15, -0.1) is 0 Å². The maximum atomic E-state index is 12.6. The molecule has 0 aromatic rings. The first-order valence-corrected chi connectivity index (χ1v) is 8.60. The van der Waals surface area contributed by atoms with E-state index in [0.29, 0.717) is 23.9 Å². The van der Waals surface area contributed by atoms with Gasteiger partial charge in [-0.05, 0) is 25.2 Å². The molecule has 1 N–H and O–H groups in total. The number of nitrogens with one attached hydrogen (secondary N) is 1. The Hall–Kier alpha value is -0.570. The number of carbonyl (C=O) groups excluding carboxylic acids is 1. The molecule has 1 heterocycles. The van der Waals surface area contributed by atoms with Crippen LogP contribution in [0.4, 0.5) is 0 Å². The zero-order valence-corrected chi connectivity index (χ0v) is 13.5. The summed E-state index contributed by atoms with van der Waals surface area (Å²) in [5.41, 5.74) is 0. The van der Waals surface area contributed by atoms with E-state index in [9.17, 15) is 4.79 Å². The molecule has 1 saturated carbocycles. The summed E-state index contributed by atoms with van der Waals surface area (Å²) in [5.74, 6) is 1.74. The fourth-order valence-electron chi connectivity index (χ4n) is 3.76. The van der Waals surface area contributed by atoms with Crippen LogP contribution in [0.5, 0.6) is 0 Å². The van der Waals surface area contributed by atoms with Crippen molar-refractivity contribution in [2.24, 2.45) is 11.8 Å². The van der Waals surface area contributed by atoms with Crippen LogP contribution in [-0.2, 0) is 4.79 Å². The molecule has 1 aliphatic heterocycles. The largest absolute Gasteiger partial charge is 0.337 e. The molecule has 116 valence electrons. The van der Waals surface area contributed by atoms with Crippen LogP contribution >= 0.6 is 0 Å². The number of piperazine rings is 1. The molecule has 0 bridgehead atoms. The highest BCUT2D eigenvalue weighted by Crippen LogP contribution is 2.28. The van der Waals surface area contributed by atoms with E-state index < -0.39 is 0 Å². The quantitative estimate of drug-likeness (QED) is 0.857. The van der Waals surface area contributed by atoms with Crippen molar-refractivity contribution < 1.29 is 4.79 Å². The number of carbonyl (C=O) groups is 1. The van der Waals surface area contributed by atoms with Gasteiger partial charge in [-0.2, -0.15) is 0 Å². The molecule has 3 nitrogen and oxygen atoms in total. The molecule has 2 unspecified atom stereocenters. The molecule has 20 heavy (non-hydrogen) atoms. The molecule has 3 heteroatoms. The van der Waals surface area contributed by atoms with E-state index in [1.807, 2.05) is 0 Å². The molecule has 0 aromatic heterocycles. The van der Waals surface area contributed by atoms with Crippen molar-refractivity contribution in [3.05, 3.63) is 0 Å². The van der Waals surface area contributed by atoms with E-state index in [-0.39, 0.29) is 0 Å². The molecule has 1 saturated heterocycles. The predicted octanol–water partition coefficient (Wildman–Crippen LogP) is 3.19. The van der Waals surface area contributed by atoms with Crippen molar-refractivity contribution in [3.8, 4) is 0 Å². The zero-order valence-electron chi connectivity index (χ0n) is 13.5. The summed E-state index contributed by atoms with van der Waals surface area (Å²) in [6.07, 6.45) is 8.71. The summed E-state index contributed by atoms with van der Waals surface area (Å²) < 4.78 is 0. The molecule has 2 rings (SSSR count). The van der Waals surface area contributed by atoms with Gasteiger partial charge in [0.05, 0.1) is 0 Å². The minimum absolute atomic E-state index is 0.380. The fraction of sp³-hybridized carbons (Fsp3) is 0.941.